The lowest BCUT2D eigenvalue weighted by molar-refractivity contribution is -0.688. The van der Waals surface area contributed by atoms with Gasteiger partial charge in [-0.1, -0.05) is 72.8 Å². The fourth-order valence-electron chi connectivity index (χ4n) is 8.14. The molecule has 1 aromatic heterocycles. The Morgan fingerprint density at radius 2 is 1.26 bits per heavy atom. The number of allylic oxidation sites excluding steroid dienone is 1. The molecule has 0 saturated carbocycles. The zero-order chi connectivity index (χ0) is 36.2. The Labute approximate surface area is 326 Å². The summed E-state index contributed by atoms with van der Waals surface area (Å²) in [4.78, 5) is 28.1. The van der Waals surface area contributed by atoms with Gasteiger partial charge in [-0.05, 0) is 135 Å². The number of carbonyl (C=O) groups is 2. The molecule has 4 nitrogen and oxygen atoms in total. The minimum absolute atomic E-state index is 0. The monoisotopic (exact) mass is 766 g/mol. The van der Waals surface area contributed by atoms with E-state index in [4.69, 9.17) is 0 Å². The second-order valence-electron chi connectivity index (χ2n) is 15.4. The zero-order valence-corrected chi connectivity index (χ0v) is 33.2. The number of ketones is 2. The molecule has 53 heavy (non-hydrogen) atoms. The van der Waals surface area contributed by atoms with E-state index in [2.05, 4.69) is 134 Å². The van der Waals surface area contributed by atoms with Gasteiger partial charge in [0.05, 0.1) is 0 Å². The SMILES string of the molecule is Cc1cc2c(cc1C)C(=O)/C(=C/c1cc[n+](Cc3ccccc3)cc1)C2.Cc1cc2c(cc1C)C(=O)C(CC1CCN(Cc3ccccc3)CC1)C2.[Br-]. The van der Waals surface area contributed by atoms with Crippen LogP contribution < -0.4 is 21.5 Å². The molecule has 0 amide bonds. The van der Waals surface area contributed by atoms with E-state index in [0.29, 0.717) is 11.7 Å². The summed E-state index contributed by atoms with van der Waals surface area (Å²) in [6.07, 6.45) is 11.4. The number of rotatable bonds is 7. The van der Waals surface area contributed by atoms with Crippen LogP contribution in [-0.2, 0) is 25.9 Å². The molecule has 1 atom stereocenters. The van der Waals surface area contributed by atoms with Crippen molar-refractivity contribution in [1.82, 2.24) is 4.90 Å². The first-order chi connectivity index (χ1) is 25.2. The van der Waals surface area contributed by atoms with Gasteiger partial charge >= 0.3 is 0 Å². The number of piperidine rings is 1. The van der Waals surface area contributed by atoms with Gasteiger partial charge in [-0.25, -0.2) is 4.57 Å². The summed E-state index contributed by atoms with van der Waals surface area (Å²) < 4.78 is 2.15. The zero-order valence-electron chi connectivity index (χ0n) is 31.6. The van der Waals surface area contributed by atoms with Crippen molar-refractivity contribution in [2.45, 2.75) is 72.9 Å². The number of fused-ring (bicyclic) bond motifs is 2. The fourth-order valence-corrected chi connectivity index (χ4v) is 8.14. The predicted molar refractivity (Wildman–Crippen MR) is 211 cm³/mol. The van der Waals surface area contributed by atoms with Crippen LogP contribution >= 0.6 is 0 Å². The van der Waals surface area contributed by atoms with E-state index >= 15 is 0 Å². The molecule has 1 saturated heterocycles. The molecule has 0 spiro atoms. The molecule has 0 bridgehead atoms. The van der Waals surface area contributed by atoms with Crippen molar-refractivity contribution in [3.05, 3.63) is 176 Å². The molecule has 0 radical (unpaired) electrons. The number of hydrogen-bond acceptors (Lipinski definition) is 3. The normalized spacial score (nSPS) is 17.6. The third kappa shape index (κ3) is 9.20. The maximum Gasteiger partial charge on any atom is 0.189 e. The predicted octanol–water partition coefficient (Wildman–Crippen LogP) is 6.43. The second kappa shape index (κ2) is 17.1. The van der Waals surface area contributed by atoms with Crippen LogP contribution in [0.1, 0.15) is 90.0 Å². The average Bonchev–Trinajstić information content (AvgIpc) is 3.61. The van der Waals surface area contributed by atoms with Crippen LogP contribution in [0.5, 0.6) is 0 Å². The van der Waals surface area contributed by atoms with Crippen molar-refractivity contribution in [2.75, 3.05) is 13.1 Å². The van der Waals surface area contributed by atoms with Gasteiger partial charge in [-0.2, -0.15) is 0 Å². The summed E-state index contributed by atoms with van der Waals surface area (Å²) in [7, 11) is 0. The number of benzene rings is 4. The second-order valence-corrected chi connectivity index (χ2v) is 15.4. The van der Waals surface area contributed by atoms with E-state index in [-0.39, 0.29) is 28.7 Å². The molecule has 2 heterocycles. The third-order valence-corrected chi connectivity index (χ3v) is 11.5. The Balaban J connectivity index is 0.000000178. The number of likely N-dealkylation sites (tertiary alicyclic amines) is 1. The van der Waals surface area contributed by atoms with Gasteiger partial charge in [0.25, 0.3) is 0 Å². The van der Waals surface area contributed by atoms with Gasteiger partial charge < -0.3 is 17.0 Å². The number of Topliss-reactive ketones (excluding diaryl/α,β-unsaturated/α-hetero) is 2. The summed E-state index contributed by atoms with van der Waals surface area (Å²) in [6.45, 7) is 12.6. The standard InChI is InChI=1S/C24H29NO.C24H22NO.BrH/c2*1-17-12-21-15-22(24(26)23(21)13-18(17)2)14-19-8-10-25(11-9-19)16-20-6-4-3-5-7-20;/h3-7,12-13,19,22H,8-11,14-16H2,1-2H3;3-14H,15-16H2,1-2H3;1H/q;+1;/p-1/b;22-14+;. The van der Waals surface area contributed by atoms with Gasteiger partial charge in [0, 0.05) is 53.3 Å². The molecule has 1 fully saturated rings. The molecule has 1 aliphatic heterocycles. The number of nitrogens with zero attached hydrogens (tertiary/aromatic N) is 2. The quantitative estimate of drug-likeness (QED) is 0.142. The minimum Gasteiger partial charge on any atom is -1.00 e. The van der Waals surface area contributed by atoms with Gasteiger partial charge in [0.2, 0.25) is 0 Å². The van der Waals surface area contributed by atoms with Gasteiger partial charge in [-0.15, -0.1) is 0 Å². The summed E-state index contributed by atoms with van der Waals surface area (Å²) in [6, 6.07) is 33.8. The van der Waals surface area contributed by atoms with E-state index in [1.165, 1.54) is 51.8 Å². The van der Waals surface area contributed by atoms with Crippen molar-refractivity contribution < 1.29 is 31.1 Å². The van der Waals surface area contributed by atoms with Gasteiger partial charge in [0.15, 0.2) is 30.5 Å². The molecule has 3 aliphatic rings. The van der Waals surface area contributed by atoms with Crippen LogP contribution in [0.25, 0.3) is 6.08 Å². The Hall–Kier alpha value is -4.45. The van der Waals surface area contributed by atoms with Crippen LogP contribution in [0, 0.1) is 39.5 Å². The highest BCUT2D eigenvalue weighted by atomic mass is 79.9. The van der Waals surface area contributed by atoms with Crippen molar-refractivity contribution in [3.8, 4) is 0 Å². The molecule has 0 N–H and O–H groups in total. The first kappa shape index (κ1) is 38.3. The maximum atomic E-state index is 12.8. The minimum atomic E-state index is 0. The number of pyridine rings is 1. The number of aromatic nitrogens is 1. The Morgan fingerprint density at radius 1 is 0.698 bits per heavy atom. The van der Waals surface area contributed by atoms with E-state index in [9.17, 15) is 9.59 Å². The molecule has 272 valence electrons. The molecular formula is C48H51BrN2O2. The van der Waals surface area contributed by atoms with E-state index in [1.807, 2.05) is 18.2 Å². The van der Waals surface area contributed by atoms with Crippen molar-refractivity contribution >= 4 is 17.6 Å². The molecule has 1 unspecified atom stereocenters. The van der Waals surface area contributed by atoms with Crippen molar-refractivity contribution in [2.24, 2.45) is 11.8 Å². The lowest BCUT2D eigenvalue weighted by Crippen LogP contribution is -3.00. The highest BCUT2D eigenvalue weighted by Gasteiger charge is 2.33. The van der Waals surface area contributed by atoms with Crippen LogP contribution in [0.4, 0.5) is 0 Å². The highest BCUT2D eigenvalue weighted by Crippen LogP contribution is 2.35. The van der Waals surface area contributed by atoms with Crippen molar-refractivity contribution in [3.63, 3.8) is 0 Å². The third-order valence-electron chi connectivity index (χ3n) is 11.5. The van der Waals surface area contributed by atoms with Crippen LogP contribution in [0.15, 0.2) is 115 Å². The first-order valence-electron chi connectivity index (χ1n) is 19.0. The van der Waals surface area contributed by atoms with Crippen LogP contribution in [0.2, 0.25) is 0 Å². The molecule has 5 heteroatoms. The Morgan fingerprint density at radius 3 is 1.91 bits per heavy atom. The molecule has 4 aromatic carbocycles. The average molecular weight is 768 g/mol. The molecule has 5 aromatic rings. The summed E-state index contributed by atoms with van der Waals surface area (Å²) in [5.74, 6) is 1.49. The molecular weight excluding hydrogens is 716 g/mol. The highest BCUT2D eigenvalue weighted by molar-refractivity contribution is 6.15. The number of halogens is 1. The Kier molecular flexibility index (Phi) is 12.4. The van der Waals surface area contributed by atoms with Gasteiger partial charge in [-0.3, -0.25) is 14.5 Å². The number of aryl methyl sites for hydroxylation is 4. The number of hydrogen-bond donors (Lipinski definition) is 0. The number of carbonyl (C=O) groups excluding carboxylic acids is 2. The van der Waals surface area contributed by atoms with E-state index in [0.717, 1.165) is 73.3 Å². The topological polar surface area (TPSA) is 41.3 Å². The van der Waals surface area contributed by atoms with E-state index < -0.39 is 0 Å². The largest absolute Gasteiger partial charge is 1.00 e. The molecule has 8 rings (SSSR count). The lowest BCUT2D eigenvalue weighted by Gasteiger charge is -2.33. The maximum absolute atomic E-state index is 12.8. The Bertz CT molecular complexity index is 2100. The lowest BCUT2D eigenvalue weighted by atomic mass is 9.85. The molecule has 2 aliphatic carbocycles. The fraction of sp³-hybridized carbons (Fsp3) is 0.312. The summed E-state index contributed by atoms with van der Waals surface area (Å²) in [5.41, 5.74) is 13.9. The smallest absolute Gasteiger partial charge is 0.189 e. The van der Waals surface area contributed by atoms with Crippen LogP contribution in [-0.4, -0.2) is 29.6 Å². The van der Waals surface area contributed by atoms with Crippen molar-refractivity contribution in [1.29, 1.82) is 0 Å². The first-order valence-corrected chi connectivity index (χ1v) is 19.0. The summed E-state index contributed by atoms with van der Waals surface area (Å²) in [5, 5.41) is 0. The van der Waals surface area contributed by atoms with Gasteiger partial charge in [0.1, 0.15) is 0 Å². The summed E-state index contributed by atoms with van der Waals surface area (Å²) >= 11 is 0. The van der Waals surface area contributed by atoms with Crippen LogP contribution in [0.3, 0.4) is 0 Å². The van der Waals surface area contributed by atoms with E-state index in [1.54, 1.807) is 0 Å².